The van der Waals surface area contributed by atoms with Crippen LogP contribution in [0.3, 0.4) is 0 Å². The van der Waals surface area contributed by atoms with Crippen molar-refractivity contribution in [1.82, 2.24) is 10.6 Å². The maximum Gasteiger partial charge on any atom is 0.237 e. The molecule has 0 radical (unpaired) electrons. The maximum atomic E-state index is 14.0. The van der Waals surface area contributed by atoms with Gasteiger partial charge >= 0.3 is 0 Å². The van der Waals surface area contributed by atoms with Gasteiger partial charge in [0.25, 0.3) is 0 Å². The summed E-state index contributed by atoms with van der Waals surface area (Å²) < 4.78 is 19.2. The summed E-state index contributed by atoms with van der Waals surface area (Å²) >= 11 is 0. The number of carbonyl (C=O) groups is 1. The van der Waals surface area contributed by atoms with Crippen LogP contribution in [0.15, 0.2) is 18.2 Å². The normalized spacial score (nSPS) is 14.4. The third-order valence-electron chi connectivity index (χ3n) is 3.06. The zero-order chi connectivity index (χ0) is 16.2. The van der Waals surface area contributed by atoms with Gasteiger partial charge in [-0.05, 0) is 46.8 Å². The average Bonchev–Trinajstić information content (AvgIpc) is 2.35. The van der Waals surface area contributed by atoms with Gasteiger partial charge in [0.05, 0.1) is 13.2 Å². The van der Waals surface area contributed by atoms with Crippen molar-refractivity contribution in [1.29, 1.82) is 0 Å². The molecule has 0 fully saturated rings. The Labute approximate surface area is 126 Å². The fourth-order valence-corrected chi connectivity index (χ4v) is 2.13. The zero-order valence-electron chi connectivity index (χ0n) is 13.6. The minimum atomic E-state index is -0.441. The molecule has 2 atom stereocenters. The number of hydrogen-bond donors (Lipinski definition) is 2. The van der Waals surface area contributed by atoms with Crippen molar-refractivity contribution in [3.05, 3.63) is 29.6 Å². The van der Waals surface area contributed by atoms with Crippen molar-refractivity contribution >= 4 is 5.91 Å². The summed E-state index contributed by atoms with van der Waals surface area (Å²) in [6, 6.07) is 3.90. The van der Waals surface area contributed by atoms with Gasteiger partial charge in [0.2, 0.25) is 5.91 Å². The Morgan fingerprint density at radius 3 is 2.43 bits per heavy atom. The van der Waals surface area contributed by atoms with Crippen LogP contribution in [0.25, 0.3) is 0 Å². The van der Waals surface area contributed by atoms with Crippen molar-refractivity contribution in [3.8, 4) is 5.75 Å². The van der Waals surface area contributed by atoms with Gasteiger partial charge in [-0.2, -0.15) is 0 Å². The number of amides is 1. The molecule has 0 saturated carbocycles. The number of rotatable bonds is 5. The molecule has 2 unspecified atom stereocenters. The van der Waals surface area contributed by atoms with E-state index >= 15 is 0 Å². The molecule has 0 bridgehead atoms. The number of carbonyl (C=O) groups excluding carboxylic acids is 1. The monoisotopic (exact) mass is 296 g/mol. The summed E-state index contributed by atoms with van der Waals surface area (Å²) in [7, 11) is 1.50. The van der Waals surface area contributed by atoms with Crippen LogP contribution < -0.4 is 15.4 Å². The molecule has 5 heteroatoms. The van der Waals surface area contributed by atoms with Crippen LogP contribution >= 0.6 is 0 Å². The van der Waals surface area contributed by atoms with E-state index in [-0.39, 0.29) is 23.3 Å². The first-order valence-electron chi connectivity index (χ1n) is 7.06. The molecule has 1 aromatic rings. The molecule has 0 saturated heterocycles. The minimum Gasteiger partial charge on any atom is -0.496 e. The topological polar surface area (TPSA) is 50.4 Å². The Kier molecular flexibility index (Phi) is 5.72. The summed E-state index contributed by atoms with van der Waals surface area (Å²) in [6.45, 7) is 9.31. The Morgan fingerprint density at radius 2 is 1.90 bits per heavy atom. The molecule has 0 spiro atoms. The molecule has 1 rings (SSSR count). The van der Waals surface area contributed by atoms with E-state index in [4.69, 9.17) is 4.74 Å². The van der Waals surface area contributed by atoms with Gasteiger partial charge in [0.1, 0.15) is 11.6 Å². The van der Waals surface area contributed by atoms with Crippen LogP contribution in [0.1, 0.15) is 46.2 Å². The van der Waals surface area contributed by atoms with Crippen molar-refractivity contribution in [2.24, 2.45) is 0 Å². The van der Waals surface area contributed by atoms with E-state index in [1.807, 2.05) is 27.7 Å². The number of hydrogen-bond acceptors (Lipinski definition) is 3. The summed E-state index contributed by atoms with van der Waals surface area (Å²) in [5, 5.41) is 5.99. The SMILES string of the molecule is COc1cccc(F)c1C(C)NC(C)C(=O)NC(C)(C)C. The second-order valence-electron chi connectivity index (χ2n) is 6.21. The molecule has 0 aliphatic carbocycles. The zero-order valence-corrected chi connectivity index (χ0v) is 13.6. The van der Waals surface area contributed by atoms with Crippen LogP contribution in [0.2, 0.25) is 0 Å². The second-order valence-corrected chi connectivity index (χ2v) is 6.21. The number of methoxy groups -OCH3 is 1. The molecule has 0 heterocycles. The minimum absolute atomic E-state index is 0.121. The molecule has 4 nitrogen and oxygen atoms in total. The molecular formula is C16H25FN2O2. The van der Waals surface area contributed by atoms with Gasteiger partial charge in [-0.3, -0.25) is 10.1 Å². The standard InChI is InChI=1S/C16H25FN2O2/c1-10(14-12(17)8-7-9-13(14)21-6)18-11(2)15(20)19-16(3,4)5/h7-11,18H,1-6H3,(H,19,20). The quantitative estimate of drug-likeness (QED) is 0.878. The fourth-order valence-electron chi connectivity index (χ4n) is 2.13. The molecule has 1 aromatic carbocycles. The third kappa shape index (κ3) is 5.01. The van der Waals surface area contributed by atoms with Crippen molar-refractivity contribution < 1.29 is 13.9 Å². The van der Waals surface area contributed by atoms with Crippen molar-refractivity contribution in [3.63, 3.8) is 0 Å². The van der Waals surface area contributed by atoms with E-state index in [1.165, 1.54) is 13.2 Å². The van der Waals surface area contributed by atoms with Crippen LogP contribution in [0, 0.1) is 5.82 Å². The molecule has 0 aliphatic heterocycles. The fraction of sp³-hybridized carbons (Fsp3) is 0.562. The molecule has 0 aliphatic rings. The second kappa shape index (κ2) is 6.89. The highest BCUT2D eigenvalue weighted by molar-refractivity contribution is 5.82. The highest BCUT2D eigenvalue weighted by atomic mass is 19.1. The number of halogens is 1. The Morgan fingerprint density at radius 1 is 1.29 bits per heavy atom. The van der Waals surface area contributed by atoms with E-state index in [1.54, 1.807) is 19.1 Å². The Balaban J connectivity index is 2.82. The molecule has 1 amide bonds. The van der Waals surface area contributed by atoms with E-state index in [2.05, 4.69) is 10.6 Å². The van der Waals surface area contributed by atoms with E-state index in [0.717, 1.165) is 0 Å². The van der Waals surface area contributed by atoms with Gasteiger partial charge in [-0.25, -0.2) is 4.39 Å². The summed E-state index contributed by atoms with van der Waals surface area (Å²) in [4.78, 5) is 12.1. The summed E-state index contributed by atoms with van der Waals surface area (Å²) in [6.07, 6.45) is 0. The number of benzene rings is 1. The lowest BCUT2D eigenvalue weighted by Gasteiger charge is -2.26. The first-order valence-corrected chi connectivity index (χ1v) is 7.06. The van der Waals surface area contributed by atoms with Gasteiger partial charge in [0.15, 0.2) is 0 Å². The molecule has 0 aromatic heterocycles. The number of ether oxygens (including phenoxy) is 1. The van der Waals surface area contributed by atoms with Gasteiger partial charge in [-0.1, -0.05) is 6.07 Å². The molecular weight excluding hydrogens is 271 g/mol. The highest BCUT2D eigenvalue weighted by Gasteiger charge is 2.23. The van der Waals surface area contributed by atoms with Gasteiger partial charge in [-0.15, -0.1) is 0 Å². The average molecular weight is 296 g/mol. The Bertz CT molecular complexity index is 498. The lowest BCUT2D eigenvalue weighted by atomic mass is 10.0. The van der Waals surface area contributed by atoms with Gasteiger partial charge < -0.3 is 10.1 Å². The highest BCUT2D eigenvalue weighted by Crippen LogP contribution is 2.27. The Hall–Kier alpha value is -1.62. The van der Waals surface area contributed by atoms with Crippen molar-refractivity contribution in [2.45, 2.75) is 52.2 Å². The molecule has 2 N–H and O–H groups in total. The van der Waals surface area contributed by atoms with Crippen LogP contribution in [-0.2, 0) is 4.79 Å². The van der Waals surface area contributed by atoms with Crippen LogP contribution in [-0.4, -0.2) is 24.6 Å². The van der Waals surface area contributed by atoms with E-state index in [9.17, 15) is 9.18 Å². The van der Waals surface area contributed by atoms with Crippen molar-refractivity contribution in [2.75, 3.05) is 7.11 Å². The maximum absolute atomic E-state index is 14.0. The summed E-state index contributed by atoms with van der Waals surface area (Å²) in [5.41, 5.74) is 0.127. The lowest BCUT2D eigenvalue weighted by Crippen LogP contribution is -2.50. The summed E-state index contributed by atoms with van der Waals surface area (Å²) in [5.74, 6) is 0.000801. The predicted molar refractivity (Wildman–Crippen MR) is 81.9 cm³/mol. The van der Waals surface area contributed by atoms with E-state index in [0.29, 0.717) is 11.3 Å². The third-order valence-corrected chi connectivity index (χ3v) is 3.06. The largest absolute Gasteiger partial charge is 0.496 e. The smallest absolute Gasteiger partial charge is 0.237 e. The first-order chi connectivity index (χ1) is 9.65. The van der Waals surface area contributed by atoms with Crippen LogP contribution in [0.4, 0.5) is 4.39 Å². The number of nitrogens with one attached hydrogen (secondary N) is 2. The predicted octanol–water partition coefficient (Wildman–Crippen LogP) is 2.79. The lowest BCUT2D eigenvalue weighted by molar-refractivity contribution is -0.124. The van der Waals surface area contributed by atoms with Crippen LogP contribution in [0.5, 0.6) is 5.75 Å². The molecule has 118 valence electrons. The van der Waals surface area contributed by atoms with E-state index < -0.39 is 6.04 Å². The first kappa shape index (κ1) is 17.4. The molecule has 21 heavy (non-hydrogen) atoms. The van der Waals surface area contributed by atoms with Gasteiger partial charge in [0, 0.05) is 17.1 Å².